The van der Waals surface area contributed by atoms with Crippen molar-refractivity contribution in [3.05, 3.63) is 0 Å². The standard InChI is InChI=1S/C5H9NO4/c1-2-10-5(9)6-4(8)3-7/h7H,2-3H2,1H3,(H,6,8,9). The molecule has 10 heavy (non-hydrogen) atoms. The lowest BCUT2D eigenvalue weighted by Crippen LogP contribution is -2.32. The number of imide groups is 1. The zero-order valence-corrected chi connectivity index (χ0v) is 5.59. The molecule has 5 nitrogen and oxygen atoms in total. The summed E-state index contributed by atoms with van der Waals surface area (Å²) in [6.45, 7) is 1.10. The van der Waals surface area contributed by atoms with Crippen LogP contribution in [0.3, 0.4) is 0 Å². The maximum Gasteiger partial charge on any atom is 0.413 e. The minimum absolute atomic E-state index is 0.199. The molecule has 0 aliphatic rings. The number of aliphatic hydroxyl groups excluding tert-OH is 1. The van der Waals surface area contributed by atoms with Crippen LogP contribution in [0.4, 0.5) is 4.79 Å². The van der Waals surface area contributed by atoms with E-state index in [1.54, 1.807) is 12.2 Å². The first-order valence-electron chi connectivity index (χ1n) is 2.78. The lowest BCUT2D eigenvalue weighted by atomic mass is 10.6. The summed E-state index contributed by atoms with van der Waals surface area (Å²) in [4.78, 5) is 20.6. The van der Waals surface area contributed by atoms with E-state index in [1.807, 2.05) is 0 Å². The number of nitrogens with one attached hydrogen (secondary N) is 1. The maximum atomic E-state index is 10.3. The number of aliphatic hydroxyl groups is 1. The lowest BCUT2D eigenvalue weighted by molar-refractivity contribution is -0.123. The van der Waals surface area contributed by atoms with Crippen LogP contribution in [0.5, 0.6) is 0 Å². The fourth-order valence-electron chi connectivity index (χ4n) is 0.321. The van der Waals surface area contributed by atoms with Crippen LogP contribution in [-0.4, -0.2) is 30.3 Å². The monoisotopic (exact) mass is 147 g/mol. The first-order valence-corrected chi connectivity index (χ1v) is 2.78. The normalized spacial score (nSPS) is 8.60. The van der Waals surface area contributed by atoms with Gasteiger partial charge < -0.3 is 9.84 Å². The van der Waals surface area contributed by atoms with E-state index in [-0.39, 0.29) is 6.61 Å². The highest BCUT2D eigenvalue weighted by atomic mass is 16.5. The second kappa shape index (κ2) is 4.75. The zero-order chi connectivity index (χ0) is 7.98. The Kier molecular flexibility index (Phi) is 4.23. The summed E-state index contributed by atoms with van der Waals surface area (Å²) in [5.74, 6) is -0.765. The van der Waals surface area contributed by atoms with E-state index in [0.29, 0.717) is 0 Å². The highest BCUT2D eigenvalue weighted by Gasteiger charge is 2.04. The van der Waals surface area contributed by atoms with Gasteiger partial charge in [0.2, 0.25) is 0 Å². The summed E-state index contributed by atoms with van der Waals surface area (Å²) >= 11 is 0. The molecule has 0 aromatic heterocycles. The van der Waals surface area contributed by atoms with Crippen molar-refractivity contribution in [2.24, 2.45) is 0 Å². The van der Waals surface area contributed by atoms with Gasteiger partial charge in [0.05, 0.1) is 6.61 Å². The van der Waals surface area contributed by atoms with Gasteiger partial charge in [-0.2, -0.15) is 0 Å². The third-order valence-corrected chi connectivity index (χ3v) is 0.661. The number of hydrogen-bond donors (Lipinski definition) is 2. The molecule has 0 bridgehead atoms. The van der Waals surface area contributed by atoms with Crippen molar-refractivity contribution >= 4 is 12.0 Å². The predicted molar refractivity (Wildman–Crippen MR) is 32.3 cm³/mol. The van der Waals surface area contributed by atoms with Crippen molar-refractivity contribution in [3.8, 4) is 0 Å². The van der Waals surface area contributed by atoms with E-state index in [4.69, 9.17) is 5.11 Å². The molecular weight excluding hydrogens is 138 g/mol. The average Bonchev–Trinajstić information content (AvgIpc) is 1.88. The Hall–Kier alpha value is -1.10. The fraction of sp³-hybridized carbons (Fsp3) is 0.600. The number of amides is 2. The molecule has 0 aliphatic carbocycles. The summed E-state index contributed by atoms with van der Waals surface area (Å²) in [5, 5.41) is 9.91. The molecule has 5 heteroatoms. The number of carbonyl (C=O) groups is 2. The summed E-state index contributed by atoms with van der Waals surface area (Å²) in [6.07, 6.45) is -0.832. The highest BCUT2D eigenvalue weighted by Crippen LogP contribution is 1.74. The summed E-state index contributed by atoms with van der Waals surface area (Å²) < 4.78 is 4.33. The van der Waals surface area contributed by atoms with Crippen LogP contribution in [-0.2, 0) is 9.53 Å². The molecule has 0 saturated heterocycles. The number of ether oxygens (including phenoxy) is 1. The minimum Gasteiger partial charge on any atom is -0.450 e. The van der Waals surface area contributed by atoms with Gasteiger partial charge in [-0.25, -0.2) is 4.79 Å². The molecule has 0 saturated carbocycles. The molecule has 0 atom stereocenters. The Bertz CT molecular complexity index is 134. The largest absolute Gasteiger partial charge is 0.450 e. The Morgan fingerprint density at radius 1 is 1.60 bits per heavy atom. The number of rotatable bonds is 2. The van der Waals surface area contributed by atoms with Gasteiger partial charge in [0, 0.05) is 0 Å². The Morgan fingerprint density at radius 2 is 2.20 bits per heavy atom. The van der Waals surface area contributed by atoms with Crippen LogP contribution in [0.15, 0.2) is 0 Å². The number of hydrogen-bond acceptors (Lipinski definition) is 4. The Labute approximate surface area is 58.0 Å². The molecule has 0 heterocycles. The van der Waals surface area contributed by atoms with E-state index in [9.17, 15) is 9.59 Å². The third-order valence-electron chi connectivity index (χ3n) is 0.661. The molecule has 0 radical (unpaired) electrons. The van der Waals surface area contributed by atoms with Crippen LogP contribution < -0.4 is 5.32 Å². The quantitative estimate of drug-likeness (QED) is 0.539. The smallest absolute Gasteiger partial charge is 0.413 e. The number of carbonyl (C=O) groups excluding carboxylic acids is 2. The van der Waals surface area contributed by atoms with Crippen LogP contribution in [0.1, 0.15) is 6.92 Å². The van der Waals surface area contributed by atoms with Crippen molar-refractivity contribution in [1.29, 1.82) is 0 Å². The lowest BCUT2D eigenvalue weighted by Gasteiger charge is -2.00. The van der Waals surface area contributed by atoms with Crippen molar-refractivity contribution in [1.82, 2.24) is 5.32 Å². The summed E-state index contributed by atoms with van der Waals surface area (Å²) in [7, 11) is 0. The van der Waals surface area contributed by atoms with Crippen LogP contribution in [0, 0.1) is 0 Å². The molecule has 0 aliphatic heterocycles. The van der Waals surface area contributed by atoms with Crippen LogP contribution in [0.2, 0.25) is 0 Å². The SMILES string of the molecule is CCOC(=O)NC(=O)CO. The molecule has 2 N–H and O–H groups in total. The fourth-order valence-corrected chi connectivity index (χ4v) is 0.321. The maximum absolute atomic E-state index is 10.3. The Morgan fingerprint density at radius 3 is 2.60 bits per heavy atom. The second-order valence-electron chi connectivity index (χ2n) is 1.43. The first kappa shape index (κ1) is 8.90. The first-order chi connectivity index (χ1) is 4.70. The number of alkyl carbamates (subject to hydrolysis) is 1. The van der Waals surface area contributed by atoms with Crippen molar-refractivity contribution < 1.29 is 19.4 Å². The van der Waals surface area contributed by atoms with Gasteiger partial charge in [0.15, 0.2) is 0 Å². The molecule has 0 unspecified atom stereocenters. The van der Waals surface area contributed by atoms with Gasteiger partial charge in [-0.1, -0.05) is 0 Å². The van der Waals surface area contributed by atoms with Gasteiger partial charge in [-0.15, -0.1) is 0 Å². The summed E-state index contributed by atoms with van der Waals surface area (Å²) in [5.41, 5.74) is 0. The van der Waals surface area contributed by atoms with Crippen molar-refractivity contribution in [2.45, 2.75) is 6.92 Å². The van der Waals surface area contributed by atoms with E-state index >= 15 is 0 Å². The summed E-state index contributed by atoms with van der Waals surface area (Å²) in [6, 6.07) is 0. The van der Waals surface area contributed by atoms with E-state index in [1.165, 1.54) is 0 Å². The van der Waals surface area contributed by atoms with E-state index in [0.717, 1.165) is 0 Å². The zero-order valence-electron chi connectivity index (χ0n) is 5.59. The molecule has 2 amide bonds. The van der Waals surface area contributed by atoms with Gasteiger partial charge in [-0.3, -0.25) is 10.1 Å². The molecule has 58 valence electrons. The molecule has 0 aromatic rings. The van der Waals surface area contributed by atoms with E-state index in [2.05, 4.69) is 4.74 Å². The molecular formula is C5H9NO4. The van der Waals surface area contributed by atoms with Gasteiger partial charge in [0.1, 0.15) is 6.61 Å². The third kappa shape index (κ3) is 3.85. The van der Waals surface area contributed by atoms with Gasteiger partial charge >= 0.3 is 6.09 Å². The topological polar surface area (TPSA) is 75.6 Å². The predicted octanol–water partition coefficient (Wildman–Crippen LogP) is -0.749. The van der Waals surface area contributed by atoms with Gasteiger partial charge in [-0.05, 0) is 6.92 Å². The molecule has 0 fully saturated rings. The molecule has 0 spiro atoms. The molecule has 0 aromatic carbocycles. The second-order valence-corrected chi connectivity index (χ2v) is 1.43. The van der Waals surface area contributed by atoms with Crippen LogP contribution >= 0.6 is 0 Å². The highest BCUT2D eigenvalue weighted by molar-refractivity contribution is 5.92. The van der Waals surface area contributed by atoms with E-state index < -0.39 is 18.6 Å². The molecule has 0 rings (SSSR count). The van der Waals surface area contributed by atoms with Crippen molar-refractivity contribution in [2.75, 3.05) is 13.2 Å². The Balaban J connectivity index is 3.47. The van der Waals surface area contributed by atoms with Crippen molar-refractivity contribution in [3.63, 3.8) is 0 Å². The average molecular weight is 147 g/mol. The van der Waals surface area contributed by atoms with Gasteiger partial charge in [0.25, 0.3) is 5.91 Å². The van der Waals surface area contributed by atoms with Crippen LogP contribution in [0.25, 0.3) is 0 Å². The minimum atomic E-state index is -0.832.